The molecule has 0 radical (unpaired) electrons. The van der Waals surface area contributed by atoms with Crippen LogP contribution in [-0.2, 0) is 4.79 Å². The van der Waals surface area contributed by atoms with E-state index in [0.29, 0.717) is 11.4 Å². The van der Waals surface area contributed by atoms with Gasteiger partial charge in [0, 0.05) is 0 Å². The number of rotatable bonds is 1. The highest BCUT2D eigenvalue weighted by Gasteiger charge is 2.21. The molecule has 1 aliphatic rings. The molecule has 1 aromatic rings. The Morgan fingerprint density at radius 3 is 2.80 bits per heavy atom. The maximum Gasteiger partial charge on any atom is 0.335 e. The Bertz CT molecular complexity index is 442. The van der Waals surface area contributed by atoms with Crippen LogP contribution in [0.15, 0.2) is 18.2 Å². The van der Waals surface area contributed by atoms with Crippen molar-refractivity contribution >= 4 is 23.3 Å². The van der Waals surface area contributed by atoms with Crippen LogP contribution in [0.25, 0.3) is 0 Å². The van der Waals surface area contributed by atoms with Crippen LogP contribution in [0.5, 0.6) is 0 Å². The molecule has 0 fully saturated rings. The summed E-state index contributed by atoms with van der Waals surface area (Å²) in [5, 5.41) is 14.4. The van der Waals surface area contributed by atoms with Crippen molar-refractivity contribution in [2.45, 2.75) is 13.0 Å². The lowest BCUT2D eigenvalue weighted by molar-refractivity contribution is -0.116. The maximum atomic E-state index is 11.3. The Labute approximate surface area is 86.1 Å². The molecule has 1 aliphatic heterocycles. The molecule has 5 nitrogen and oxygen atoms in total. The minimum atomic E-state index is -0.982. The number of carboxylic acid groups (broad SMARTS) is 1. The quantitative estimate of drug-likeness (QED) is 0.643. The van der Waals surface area contributed by atoms with Gasteiger partial charge in [0.1, 0.15) is 6.04 Å². The van der Waals surface area contributed by atoms with E-state index in [4.69, 9.17) is 5.11 Å². The Morgan fingerprint density at radius 1 is 1.40 bits per heavy atom. The molecule has 15 heavy (non-hydrogen) atoms. The van der Waals surface area contributed by atoms with E-state index < -0.39 is 5.97 Å². The second-order valence-corrected chi connectivity index (χ2v) is 3.42. The monoisotopic (exact) mass is 206 g/mol. The van der Waals surface area contributed by atoms with Crippen LogP contribution in [0.3, 0.4) is 0 Å². The Balaban J connectivity index is 2.41. The van der Waals surface area contributed by atoms with Gasteiger partial charge in [0.05, 0.1) is 16.9 Å². The fourth-order valence-corrected chi connectivity index (χ4v) is 1.45. The van der Waals surface area contributed by atoms with Crippen molar-refractivity contribution in [1.82, 2.24) is 0 Å². The van der Waals surface area contributed by atoms with Crippen molar-refractivity contribution in [3.63, 3.8) is 0 Å². The summed E-state index contributed by atoms with van der Waals surface area (Å²) in [5.41, 5.74) is 1.45. The highest BCUT2D eigenvalue weighted by atomic mass is 16.4. The standard InChI is InChI=1S/C10H10N2O3/c1-5-9(13)12-7-3-2-6(10(14)15)4-8(7)11-5/h2-5,11H,1H3,(H,12,13)(H,14,15). The number of benzene rings is 1. The molecule has 0 bridgehead atoms. The number of hydrogen-bond acceptors (Lipinski definition) is 3. The lowest BCUT2D eigenvalue weighted by atomic mass is 10.1. The van der Waals surface area contributed by atoms with Crippen LogP contribution in [0.4, 0.5) is 11.4 Å². The fourth-order valence-electron chi connectivity index (χ4n) is 1.45. The summed E-state index contributed by atoms with van der Waals surface area (Å²) in [7, 11) is 0. The molecule has 1 amide bonds. The number of nitrogens with one attached hydrogen (secondary N) is 2. The van der Waals surface area contributed by atoms with E-state index in [1.807, 2.05) is 0 Å². The number of carbonyl (C=O) groups excluding carboxylic acids is 1. The second kappa shape index (κ2) is 3.27. The van der Waals surface area contributed by atoms with Gasteiger partial charge in [0.2, 0.25) is 5.91 Å². The predicted molar refractivity (Wildman–Crippen MR) is 55.1 cm³/mol. The SMILES string of the molecule is CC1Nc2cc(C(=O)O)ccc2NC1=O. The lowest BCUT2D eigenvalue weighted by Gasteiger charge is -2.24. The normalized spacial score (nSPS) is 18.7. The lowest BCUT2D eigenvalue weighted by Crippen LogP contribution is -2.36. The number of hydrogen-bond donors (Lipinski definition) is 3. The van der Waals surface area contributed by atoms with Crippen molar-refractivity contribution in [3.8, 4) is 0 Å². The predicted octanol–water partition coefficient (Wildman–Crippen LogP) is 1.14. The molecule has 0 aromatic heterocycles. The van der Waals surface area contributed by atoms with Gasteiger partial charge >= 0.3 is 5.97 Å². The highest BCUT2D eigenvalue weighted by Crippen LogP contribution is 2.27. The summed E-state index contributed by atoms with van der Waals surface area (Å²) in [4.78, 5) is 22.0. The van der Waals surface area contributed by atoms with Crippen molar-refractivity contribution in [3.05, 3.63) is 23.8 Å². The fraction of sp³-hybridized carbons (Fsp3) is 0.200. The minimum Gasteiger partial charge on any atom is -0.478 e. The van der Waals surface area contributed by atoms with Gasteiger partial charge in [0.25, 0.3) is 0 Å². The number of anilines is 2. The third-order valence-corrected chi connectivity index (χ3v) is 2.29. The topological polar surface area (TPSA) is 78.4 Å². The van der Waals surface area contributed by atoms with Gasteiger partial charge in [-0.15, -0.1) is 0 Å². The largest absolute Gasteiger partial charge is 0.478 e. The van der Waals surface area contributed by atoms with Gasteiger partial charge in [-0.05, 0) is 25.1 Å². The van der Waals surface area contributed by atoms with Crippen LogP contribution in [0.1, 0.15) is 17.3 Å². The summed E-state index contributed by atoms with van der Waals surface area (Å²) in [6.07, 6.45) is 0. The minimum absolute atomic E-state index is 0.120. The van der Waals surface area contributed by atoms with Crippen LogP contribution >= 0.6 is 0 Å². The van der Waals surface area contributed by atoms with Gasteiger partial charge in [-0.25, -0.2) is 4.79 Å². The van der Waals surface area contributed by atoms with E-state index in [-0.39, 0.29) is 17.5 Å². The third kappa shape index (κ3) is 1.63. The summed E-state index contributed by atoms with van der Waals surface area (Å²) in [6, 6.07) is 4.20. The van der Waals surface area contributed by atoms with E-state index in [9.17, 15) is 9.59 Å². The smallest absolute Gasteiger partial charge is 0.335 e. The van der Waals surface area contributed by atoms with Gasteiger partial charge in [-0.1, -0.05) is 0 Å². The summed E-state index contributed by atoms with van der Waals surface area (Å²) in [5.74, 6) is -1.10. The van der Waals surface area contributed by atoms with Crippen LogP contribution < -0.4 is 10.6 Å². The molecule has 2 rings (SSSR count). The number of carboxylic acids is 1. The molecule has 0 saturated heterocycles. The van der Waals surface area contributed by atoms with Crippen LogP contribution in [0, 0.1) is 0 Å². The first kappa shape index (κ1) is 9.51. The average molecular weight is 206 g/mol. The first-order chi connectivity index (χ1) is 7.08. The number of amides is 1. The van der Waals surface area contributed by atoms with Gasteiger partial charge in [-0.3, -0.25) is 4.79 Å². The Kier molecular flexibility index (Phi) is 2.07. The van der Waals surface area contributed by atoms with Crippen molar-refractivity contribution in [2.75, 3.05) is 10.6 Å². The van der Waals surface area contributed by atoms with Gasteiger partial charge in [-0.2, -0.15) is 0 Å². The first-order valence-electron chi connectivity index (χ1n) is 4.52. The van der Waals surface area contributed by atoms with Crippen LogP contribution in [0.2, 0.25) is 0 Å². The van der Waals surface area contributed by atoms with Crippen molar-refractivity contribution < 1.29 is 14.7 Å². The molecule has 3 N–H and O–H groups in total. The maximum absolute atomic E-state index is 11.3. The zero-order chi connectivity index (χ0) is 11.0. The second-order valence-electron chi connectivity index (χ2n) is 3.42. The van der Waals surface area contributed by atoms with Crippen molar-refractivity contribution in [1.29, 1.82) is 0 Å². The van der Waals surface area contributed by atoms with E-state index >= 15 is 0 Å². The Morgan fingerprint density at radius 2 is 2.13 bits per heavy atom. The molecule has 78 valence electrons. The zero-order valence-electron chi connectivity index (χ0n) is 8.07. The molecule has 1 heterocycles. The average Bonchev–Trinajstić information content (AvgIpc) is 2.19. The number of carbonyl (C=O) groups is 2. The third-order valence-electron chi connectivity index (χ3n) is 2.29. The summed E-state index contributed by atoms with van der Waals surface area (Å²) < 4.78 is 0. The number of fused-ring (bicyclic) bond motifs is 1. The van der Waals surface area contributed by atoms with Gasteiger partial charge in [0.15, 0.2) is 0 Å². The van der Waals surface area contributed by atoms with Crippen molar-refractivity contribution in [2.24, 2.45) is 0 Å². The molecule has 1 aromatic carbocycles. The molecule has 0 saturated carbocycles. The first-order valence-corrected chi connectivity index (χ1v) is 4.52. The summed E-state index contributed by atoms with van der Waals surface area (Å²) in [6.45, 7) is 1.71. The Hall–Kier alpha value is -2.04. The molecule has 1 atom stereocenters. The van der Waals surface area contributed by atoms with Gasteiger partial charge < -0.3 is 15.7 Å². The molecule has 5 heteroatoms. The van der Waals surface area contributed by atoms with E-state index in [2.05, 4.69) is 10.6 Å². The van der Waals surface area contributed by atoms with E-state index in [0.717, 1.165) is 0 Å². The highest BCUT2D eigenvalue weighted by molar-refractivity contribution is 6.03. The molecular formula is C10H10N2O3. The number of aromatic carboxylic acids is 1. The molecule has 0 spiro atoms. The summed E-state index contributed by atoms with van der Waals surface area (Å²) >= 11 is 0. The molecule has 0 aliphatic carbocycles. The molecule has 1 unspecified atom stereocenters. The molecular weight excluding hydrogens is 196 g/mol. The van der Waals surface area contributed by atoms with Crippen LogP contribution in [-0.4, -0.2) is 23.0 Å². The van der Waals surface area contributed by atoms with E-state index in [1.165, 1.54) is 12.1 Å². The zero-order valence-corrected chi connectivity index (χ0v) is 8.07. The van der Waals surface area contributed by atoms with E-state index in [1.54, 1.807) is 13.0 Å².